The van der Waals surface area contributed by atoms with Gasteiger partial charge in [0, 0.05) is 18.8 Å². The Morgan fingerprint density at radius 3 is 2.50 bits per heavy atom. The third kappa shape index (κ3) is 5.46. The van der Waals surface area contributed by atoms with Crippen LogP contribution in [0, 0.1) is 11.3 Å². The molecular weight excluding hydrogens is 316 g/mol. The van der Waals surface area contributed by atoms with Crippen molar-refractivity contribution in [1.82, 2.24) is 0 Å². The molecule has 1 atom stereocenters. The molecule has 0 aromatic rings. The summed E-state index contributed by atoms with van der Waals surface area (Å²) in [5, 5.41) is 0. The lowest BCUT2D eigenvalue weighted by atomic mass is 9.79. The minimum absolute atomic E-state index is 0.0165. The molecule has 0 fully saturated rings. The summed E-state index contributed by atoms with van der Waals surface area (Å²) in [5.74, 6) is 1.79. The Bertz CT molecular complexity index is 452. The number of ether oxygens (including phenoxy) is 1. The number of hydrogen-bond donors (Lipinski definition) is 0. The van der Waals surface area contributed by atoms with Gasteiger partial charge in [0.05, 0.1) is 12.0 Å². The van der Waals surface area contributed by atoms with Crippen molar-refractivity contribution >= 4 is 32.6 Å². The van der Waals surface area contributed by atoms with Crippen molar-refractivity contribution < 1.29 is 18.8 Å². The molecule has 0 saturated heterocycles. The maximum absolute atomic E-state index is 12.4. The third-order valence-electron chi connectivity index (χ3n) is 3.59. The number of thioether (sulfide) groups is 1. The number of esters is 1. The lowest BCUT2D eigenvalue weighted by Gasteiger charge is -2.30. The van der Waals surface area contributed by atoms with Crippen LogP contribution in [-0.4, -0.2) is 33.7 Å². The molecule has 0 amide bonds. The maximum atomic E-state index is 12.4. The molecule has 1 rings (SSSR count). The van der Waals surface area contributed by atoms with Crippen LogP contribution in [-0.2, 0) is 18.8 Å². The predicted octanol–water partition coefficient (Wildman–Crippen LogP) is 3.52. The van der Waals surface area contributed by atoms with Crippen LogP contribution >= 0.6 is 11.8 Å². The van der Waals surface area contributed by atoms with E-state index in [0.717, 1.165) is 16.4 Å². The Balaban J connectivity index is 2.79. The Hall–Kier alpha value is -0.753. The standard InChI is InChI=1S/C16H28O4SSi/c1-16(2,3)11-10-12(17)15(14(11)20-22(5)6)21-9-7-8-13(18)19-4/h11,22H,7-10H2,1-6H3. The molecule has 0 heterocycles. The van der Waals surface area contributed by atoms with Gasteiger partial charge >= 0.3 is 5.97 Å². The van der Waals surface area contributed by atoms with Crippen molar-refractivity contribution in [2.45, 2.75) is 53.1 Å². The number of ketones is 1. The molecule has 126 valence electrons. The van der Waals surface area contributed by atoms with Gasteiger partial charge in [-0.1, -0.05) is 20.8 Å². The van der Waals surface area contributed by atoms with Gasteiger partial charge in [0.2, 0.25) is 9.04 Å². The fourth-order valence-electron chi connectivity index (χ4n) is 2.40. The van der Waals surface area contributed by atoms with E-state index in [1.165, 1.54) is 18.9 Å². The van der Waals surface area contributed by atoms with Crippen LogP contribution in [0.15, 0.2) is 10.7 Å². The molecule has 4 nitrogen and oxygen atoms in total. The fourth-order valence-corrected chi connectivity index (χ4v) is 4.35. The lowest BCUT2D eigenvalue weighted by Crippen LogP contribution is -2.24. The van der Waals surface area contributed by atoms with Crippen molar-refractivity contribution in [2.24, 2.45) is 11.3 Å². The van der Waals surface area contributed by atoms with Gasteiger partial charge in [-0.25, -0.2) is 0 Å². The normalized spacial score (nSPS) is 19.0. The van der Waals surface area contributed by atoms with Gasteiger partial charge in [0.25, 0.3) is 0 Å². The molecule has 0 radical (unpaired) electrons. The van der Waals surface area contributed by atoms with Crippen molar-refractivity contribution in [3.05, 3.63) is 10.7 Å². The van der Waals surface area contributed by atoms with Crippen molar-refractivity contribution in [3.8, 4) is 0 Å². The van der Waals surface area contributed by atoms with Gasteiger partial charge < -0.3 is 9.16 Å². The Labute approximate surface area is 139 Å². The second-order valence-corrected chi connectivity index (χ2v) is 10.4. The van der Waals surface area contributed by atoms with Crippen LogP contribution in [0.1, 0.15) is 40.0 Å². The predicted molar refractivity (Wildman–Crippen MR) is 93.3 cm³/mol. The number of methoxy groups -OCH3 is 1. The number of carbonyl (C=O) groups excluding carboxylic acids is 2. The monoisotopic (exact) mass is 344 g/mol. The summed E-state index contributed by atoms with van der Waals surface area (Å²) in [4.78, 5) is 24.3. The molecule has 6 heteroatoms. The van der Waals surface area contributed by atoms with E-state index >= 15 is 0 Å². The van der Waals surface area contributed by atoms with E-state index in [4.69, 9.17) is 4.43 Å². The third-order valence-corrected chi connectivity index (χ3v) is 5.53. The van der Waals surface area contributed by atoms with Gasteiger partial charge in [0.15, 0.2) is 5.78 Å². The Kier molecular flexibility index (Phi) is 7.19. The van der Waals surface area contributed by atoms with Gasteiger partial charge in [-0.15, -0.1) is 11.8 Å². The summed E-state index contributed by atoms with van der Waals surface area (Å²) in [6, 6.07) is 0. The summed E-state index contributed by atoms with van der Waals surface area (Å²) < 4.78 is 10.8. The van der Waals surface area contributed by atoms with Crippen molar-refractivity contribution in [3.63, 3.8) is 0 Å². The molecule has 0 saturated carbocycles. The molecule has 0 aromatic heterocycles. The second kappa shape index (κ2) is 8.20. The van der Waals surface area contributed by atoms with Gasteiger partial charge in [-0.3, -0.25) is 9.59 Å². The van der Waals surface area contributed by atoms with Crippen LogP contribution in [0.25, 0.3) is 0 Å². The SMILES string of the molecule is COC(=O)CCCSC1=C(O[SiH](C)C)C(C(C)(C)C)CC1=O. The molecule has 0 aliphatic heterocycles. The average molecular weight is 345 g/mol. The Morgan fingerprint density at radius 2 is 2.00 bits per heavy atom. The van der Waals surface area contributed by atoms with E-state index in [1.54, 1.807) is 0 Å². The average Bonchev–Trinajstić information content (AvgIpc) is 2.70. The summed E-state index contributed by atoms with van der Waals surface area (Å²) >= 11 is 1.53. The minimum Gasteiger partial charge on any atom is -0.549 e. The quantitative estimate of drug-likeness (QED) is 0.402. The highest BCUT2D eigenvalue weighted by atomic mass is 32.2. The highest BCUT2D eigenvalue weighted by Crippen LogP contribution is 2.45. The number of rotatable bonds is 7. The number of allylic oxidation sites excluding steroid dienone is 2. The summed E-state index contributed by atoms with van der Waals surface area (Å²) in [6.07, 6.45) is 1.64. The minimum atomic E-state index is -1.26. The number of hydrogen-bond acceptors (Lipinski definition) is 5. The first-order valence-corrected chi connectivity index (χ1v) is 11.6. The molecule has 0 aromatic carbocycles. The van der Waals surface area contributed by atoms with E-state index in [0.29, 0.717) is 19.3 Å². The molecule has 0 bridgehead atoms. The van der Waals surface area contributed by atoms with E-state index in [2.05, 4.69) is 38.6 Å². The summed E-state index contributed by atoms with van der Waals surface area (Å²) in [5.41, 5.74) is 0.0165. The van der Waals surface area contributed by atoms with Crippen molar-refractivity contribution in [1.29, 1.82) is 0 Å². The largest absolute Gasteiger partial charge is 0.549 e. The molecule has 0 N–H and O–H groups in total. The number of Topliss-reactive ketones (excluding diaryl/α,β-unsaturated/α-hetero) is 1. The molecule has 22 heavy (non-hydrogen) atoms. The zero-order valence-electron chi connectivity index (χ0n) is 14.5. The molecular formula is C16H28O4SSi. The van der Waals surface area contributed by atoms with Gasteiger partial charge in [-0.05, 0) is 30.7 Å². The smallest absolute Gasteiger partial charge is 0.305 e. The van der Waals surface area contributed by atoms with Crippen molar-refractivity contribution in [2.75, 3.05) is 12.9 Å². The zero-order chi connectivity index (χ0) is 16.9. The van der Waals surface area contributed by atoms with Crippen LogP contribution in [0.4, 0.5) is 0 Å². The topological polar surface area (TPSA) is 52.6 Å². The van der Waals surface area contributed by atoms with E-state index in [1.807, 2.05) is 0 Å². The molecule has 1 aliphatic carbocycles. The molecule has 0 spiro atoms. The molecule has 1 aliphatic rings. The summed E-state index contributed by atoms with van der Waals surface area (Å²) in [6.45, 7) is 10.7. The first-order chi connectivity index (χ1) is 10.2. The lowest BCUT2D eigenvalue weighted by molar-refractivity contribution is -0.140. The maximum Gasteiger partial charge on any atom is 0.305 e. The first-order valence-electron chi connectivity index (χ1n) is 7.80. The van der Waals surface area contributed by atoms with Crippen LogP contribution in [0.5, 0.6) is 0 Å². The van der Waals surface area contributed by atoms with Crippen LogP contribution in [0.3, 0.4) is 0 Å². The fraction of sp³-hybridized carbons (Fsp3) is 0.750. The zero-order valence-corrected chi connectivity index (χ0v) is 16.5. The van der Waals surface area contributed by atoms with Gasteiger partial charge in [-0.2, -0.15) is 0 Å². The number of carbonyl (C=O) groups is 2. The van der Waals surface area contributed by atoms with Crippen LogP contribution < -0.4 is 0 Å². The van der Waals surface area contributed by atoms with Crippen LogP contribution in [0.2, 0.25) is 13.1 Å². The molecule has 1 unspecified atom stereocenters. The van der Waals surface area contributed by atoms with E-state index < -0.39 is 9.04 Å². The first kappa shape index (κ1) is 19.3. The summed E-state index contributed by atoms with van der Waals surface area (Å²) in [7, 11) is 0.135. The van der Waals surface area contributed by atoms with E-state index in [9.17, 15) is 9.59 Å². The highest BCUT2D eigenvalue weighted by molar-refractivity contribution is 8.04. The van der Waals surface area contributed by atoms with Gasteiger partial charge in [0.1, 0.15) is 5.76 Å². The Morgan fingerprint density at radius 1 is 1.36 bits per heavy atom. The second-order valence-electron chi connectivity index (χ2n) is 6.93. The van der Waals surface area contributed by atoms with E-state index in [-0.39, 0.29) is 23.1 Å². The highest BCUT2D eigenvalue weighted by Gasteiger charge is 2.40.